The number of rotatable bonds is 12. The first kappa shape index (κ1) is 27.6. The fraction of sp³-hybridized carbons (Fsp3) is 0.423. The Morgan fingerprint density at radius 2 is 1.95 bits per heavy atom. The maximum absolute atomic E-state index is 13.3. The van der Waals surface area contributed by atoms with E-state index in [-0.39, 0.29) is 25.3 Å². The van der Waals surface area contributed by atoms with Crippen molar-refractivity contribution in [3.63, 3.8) is 0 Å². The van der Waals surface area contributed by atoms with Gasteiger partial charge in [-0.2, -0.15) is 0 Å². The second-order valence-corrected chi connectivity index (χ2v) is 9.42. The van der Waals surface area contributed by atoms with Crippen molar-refractivity contribution in [2.24, 2.45) is 0 Å². The fourth-order valence-corrected chi connectivity index (χ4v) is 4.58. The summed E-state index contributed by atoms with van der Waals surface area (Å²) in [6, 6.07) is 5.76. The smallest absolute Gasteiger partial charge is 0.305 e. The molecule has 1 aliphatic rings. The maximum atomic E-state index is 13.3. The molecule has 0 saturated carbocycles. The second-order valence-electron chi connectivity index (χ2n) is 9.42. The Morgan fingerprint density at radius 3 is 2.64 bits per heavy atom. The first-order chi connectivity index (χ1) is 18.8. The quantitative estimate of drug-likeness (QED) is 0.302. The Balaban J connectivity index is 1.45. The Kier molecular flexibility index (Phi) is 8.81. The zero-order chi connectivity index (χ0) is 27.9. The molecule has 1 unspecified atom stereocenters. The number of nitrogens with one attached hydrogen (secondary N) is 2. The summed E-state index contributed by atoms with van der Waals surface area (Å²) in [4.78, 5) is 57.1. The largest absolute Gasteiger partial charge is 0.481 e. The number of hydrogen-bond acceptors (Lipinski definition) is 10. The van der Waals surface area contributed by atoms with Crippen LogP contribution in [0, 0.1) is 6.92 Å². The van der Waals surface area contributed by atoms with Gasteiger partial charge in [-0.25, -0.2) is 9.61 Å². The van der Waals surface area contributed by atoms with E-state index in [2.05, 4.69) is 36.6 Å². The van der Waals surface area contributed by atoms with Gasteiger partial charge in [-0.15, -0.1) is 0 Å². The summed E-state index contributed by atoms with van der Waals surface area (Å²) in [6.45, 7) is 4.79. The summed E-state index contributed by atoms with van der Waals surface area (Å²) in [5.41, 5.74) is 2.86. The van der Waals surface area contributed by atoms with E-state index in [9.17, 15) is 24.3 Å². The fourth-order valence-electron chi connectivity index (χ4n) is 4.58. The lowest BCUT2D eigenvalue weighted by Crippen LogP contribution is -2.49. The number of anilines is 1. The van der Waals surface area contributed by atoms with E-state index in [1.165, 1.54) is 22.5 Å². The molecule has 0 spiro atoms. The number of fused-ring (bicyclic) bond motifs is 1. The highest BCUT2D eigenvalue weighted by Gasteiger charge is 2.30. The summed E-state index contributed by atoms with van der Waals surface area (Å²) in [5.74, 6) is -2.25. The van der Waals surface area contributed by atoms with Gasteiger partial charge in [0.05, 0.1) is 25.6 Å². The van der Waals surface area contributed by atoms with E-state index >= 15 is 0 Å². The van der Waals surface area contributed by atoms with Gasteiger partial charge < -0.3 is 15.7 Å². The molecule has 0 radical (unpaired) electrons. The van der Waals surface area contributed by atoms with Gasteiger partial charge in [-0.3, -0.25) is 28.6 Å². The number of amides is 1. The number of nitrogens with zero attached hydrogens (tertiary/aromatic N) is 5. The molecule has 3 aromatic rings. The van der Waals surface area contributed by atoms with Crippen LogP contribution in [0.4, 0.5) is 5.82 Å². The summed E-state index contributed by atoms with van der Waals surface area (Å²) >= 11 is 0. The summed E-state index contributed by atoms with van der Waals surface area (Å²) in [5, 5.41) is 22.3. The van der Waals surface area contributed by atoms with Crippen LogP contribution >= 0.6 is 0 Å². The zero-order valence-electron chi connectivity index (χ0n) is 21.8. The van der Waals surface area contributed by atoms with Crippen molar-refractivity contribution in [2.45, 2.75) is 58.3 Å². The standard InChI is InChI=1S/C26H31N7O6/c1-3-21(33-11-9-27-24(26(33)38)28-13-20-16(2)30-39-31-20)25(37)29-19(12-23(35)36)22(34)15-32-10-8-17-6-4-5-7-18(17)14-32/h4-7,9,11,19,21H,3,8,10,12-15H2,1-2H3,(H,27,28)(H,29,37)(H,35,36)/t19?,21-/m0/s1. The number of benzene rings is 1. The molecule has 0 saturated heterocycles. The van der Waals surface area contributed by atoms with Crippen LogP contribution in [0.15, 0.2) is 46.1 Å². The minimum atomic E-state index is -1.24. The SMILES string of the molecule is CC[C@@H](C(=O)NC(CC(=O)O)C(=O)CN1CCc2ccccc2C1)n1ccnc(NCc2nonc2C)c1=O. The number of carbonyl (C=O) groups is 3. The van der Waals surface area contributed by atoms with E-state index < -0.39 is 41.7 Å². The number of carbonyl (C=O) groups excluding carboxylic acids is 2. The molecule has 0 bridgehead atoms. The van der Waals surface area contributed by atoms with E-state index in [0.29, 0.717) is 24.5 Å². The summed E-state index contributed by atoms with van der Waals surface area (Å²) in [7, 11) is 0. The van der Waals surface area contributed by atoms with Crippen molar-refractivity contribution < 1.29 is 24.1 Å². The molecule has 2 aromatic heterocycles. The van der Waals surface area contributed by atoms with Crippen molar-refractivity contribution >= 4 is 23.5 Å². The molecule has 3 heterocycles. The predicted octanol–water partition coefficient (Wildman–Crippen LogP) is 1.08. The Morgan fingerprint density at radius 1 is 1.18 bits per heavy atom. The predicted molar refractivity (Wildman–Crippen MR) is 139 cm³/mol. The number of aromatic nitrogens is 4. The Labute approximate surface area is 224 Å². The molecule has 1 aliphatic heterocycles. The number of hydrogen-bond donors (Lipinski definition) is 3. The third-order valence-electron chi connectivity index (χ3n) is 6.74. The molecule has 39 heavy (non-hydrogen) atoms. The number of Topliss-reactive ketones (excluding diaryl/α,β-unsaturated/α-hetero) is 1. The topological polar surface area (TPSA) is 173 Å². The summed E-state index contributed by atoms with van der Waals surface area (Å²) < 4.78 is 5.86. The van der Waals surface area contributed by atoms with E-state index in [4.69, 9.17) is 0 Å². The van der Waals surface area contributed by atoms with Gasteiger partial charge in [-0.1, -0.05) is 41.5 Å². The van der Waals surface area contributed by atoms with E-state index in [1.54, 1.807) is 13.8 Å². The zero-order valence-corrected chi connectivity index (χ0v) is 21.8. The molecule has 4 rings (SSSR count). The Hall–Kier alpha value is -4.39. The lowest BCUT2D eigenvalue weighted by Gasteiger charge is -2.29. The van der Waals surface area contributed by atoms with Crippen molar-refractivity contribution in [3.8, 4) is 0 Å². The van der Waals surface area contributed by atoms with Gasteiger partial charge in [0.15, 0.2) is 11.6 Å². The third kappa shape index (κ3) is 6.74. The molecule has 2 atom stereocenters. The molecular formula is C26H31N7O6. The van der Waals surface area contributed by atoms with Gasteiger partial charge >= 0.3 is 5.97 Å². The van der Waals surface area contributed by atoms with Crippen LogP contribution in [0.1, 0.15) is 48.3 Å². The highest BCUT2D eigenvalue weighted by molar-refractivity contribution is 5.94. The van der Waals surface area contributed by atoms with Crippen molar-refractivity contribution in [2.75, 3.05) is 18.4 Å². The monoisotopic (exact) mass is 537 g/mol. The molecule has 13 heteroatoms. The van der Waals surface area contributed by atoms with Crippen LogP contribution < -0.4 is 16.2 Å². The van der Waals surface area contributed by atoms with Crippen molar-refractivity contribution in [1.82, 2.24) is 30.1 Å². The molecule has 1 amide bonds. The average molecular weight is 538 g/mol. The molecule has 1 aromatic carbocycles. The molecule has 0 fully saturated rings. The van der Waals surface area contributed by atoms with Gasteiger partial charge in [0.1, 0.15) is 17.4 Å². The Bertz CT molecular complexity index is 1400. The second kappa shape index (κ2) is 12.4. The number of aliphatic carboxylic acids is 1. The minimum Gasteiger partial charge on any atom is -0.481 e. The minimum absolute atomic E-state index is 0.00292. The molecule has 206 valence electrons. The van der Waals surface area contributed by atoms with Gasteiger partial charge in [0, 0.05) is 25.5 Å². The van der Waals surface area contributed by atoms with Gasteiger partial charge in [0.2, 0.25) is 5.91 Å². The van der Waals surface area contributed by atoms with E-state index in [0.717, 1.165) is 12.0 Å². The normalized spacial score (nSPS) is 14.7. The first-order valence-corrected chi connectivity index (χ1v) is 12.7. The number of aryl methyl sites for hydroxylation is 1. The molecule has 13 nitrogen and oxygen atoms in total. The van der Waals surface area contributed by atoms with Crippen molar-refractivity contribution in [3.05, 3.63) is 69.5 Å². The lowest BCUT2D eigenvalue weighted by atomic mass is 9.99. The van der Waals surface area contributed by atoms with Crippen molar-refractivity contribution in [1.29, 1.82) is 0 Å². The third-order valence-corrected chi connectivity index (χ3v) is 6.74. The van der Waals surface area contributed by atoms with Crippen LogP contribution in [0.25, 0.3) is 0 Å². The maximum Gasteiger partial charge on any atom is 0.305 e. The molecular weight excluding hydrogens is 506 g/mol. The first-order valence-electron chi connectivity index (χ1n) is 12.7. The van der Waals surface area contributed by atoms with E-state index in [1.807, 2.05) is 23.1 Å². The molecule has 3 N–H and O–H groups in total. The molecule has 0 aliphatic carbocycles. The van der Waals surface area contributed by atoms with Crippen LogP contribution in [0.3, 0.4) is 0 Å². The average Bonchev–Trinajstić information content (AvgIpc) is 3.33. The number of carboxylic acid groups (broad SMARTS) is 1. The number of ketones is 1. The number of carboxylic acids is 1. The highest BCUT2D eigenvalue weighted by atomic mass is 16.6. The highest BCUT2D eigenvalue weighted by Crippen LogP contribution is 2.19. The van der Waals surface area contributed by atoms with Gasteiger partial charge in [0.25, 0.3) is 5.56 Å². The lowest BCUT2D eigenvalue weighted by molar-refractivity contribution is -0.140. The summed E-state index contributed by atoms with van der Waals surface area (Å²) in [6.07, 6.45) is 3.20. The van der Waals surface area contributed by atoms with Crippen LogP contribution in [0.5, 0.6) is 0 Å². The van der Waals surface area contributed by atoms with Crippen LogP contribution in [0.2, 0.25) is 0 Å². The van der Waals surface area contributed by atoms with Crippen LogP contribution in [-0.2, 0) is 33.9 Å². The van der Waals surface area contributed by atoms with Gasteiger partial charge in [-0.05, 0) is 30.9 Å². The van der Waals surface area contributed by atoms with Crippen LogP contribution in [-0.4, -0.2) is 66.7 Å².